The molecule has 1 aliphatic rings. The SMILES string of the molecule is COc1ccc(-n2c(C)ccc2[C@@H]2[C@@H](c3ccccn3)NC(=S)N2c2ccc(Br)c(C)c2)cc1. The Hall–Kier alpha value is -3.16. The van der Waals surface area contributed by atoms with Gasteiger partial charge in [-0.15, -0.1) is 0 Å². The lowest BCUT2D eigenvalue weighted by atomic mass is 10.0. The molecule has 2 atom stereocenters. The lowest BCUT2D eigenvalue weighted by molar-refractivity contribution is 0.414. The minimum Gasteiger partial charge on any atom is -0.497 e. The smallest absolute Gasteiger partial charge is 0.174 e. The van der Waals surface area contributed by atoms with E-state index in [0.29, 0.717) is 5.11 Å². The van der Waals surface area contributed by atoms with E-state index in [4.69, 9.17) is 17.0 Å². The molecule has 172 valence electrons. The minimum absolute atomic E-state index is 0.0984. The molecule has 0 aliphatic carbocycles. The number of halogens is 1. The van der Waals surface area contributed by atoms with Gasteiger partial charge in [0.15, 0.2) is 5.11 Å². The van der Waals surface area contributed by atoms with E-state index in [1.165, 1.54) is 0 Å². The standard InChI is InChI=1S/C27H25BrN4OS/c1-17-16-20(10-13-22(17)28)32-26(25(30-27(32)34)23-6-4-5-15-29-23)24-14-7-18(2)31(24)19-8-11-21(33-3)12-9-19/h4-16,25-26H,1-3H3,(H,30,34)/t25-,26-/m1/s1. The summed E-state index contributed by atoms with van der Waals surface area (Å²) in [4.78, 5) is 6.89. The van der Waals surface area contributed by atoms with Gasteiger partial charge < -0.3 is 19.5 Å². The Kier molecular flexibility index (Phi) is 6.15. The summed E-state index contributed by atoms with van der Waals surface area (Å²) in [6.45, 7) is 4.22. The van der Waals surface area contributed by atoms with E-state index in [1.807, 2.05) is 30.5 Å². The van der Waals surface area contributed by atoms with E-state index < -0.39 is 0 Å². The predicted octanol–water partition coefficient (Wildman–Crippen LogP) is 6.44. The number of nitrogens with one attached hydrogen (secondary N) is 1. The first-order chi connectivity index (χ1) is 16.5. The molecule has 0 bridgehead atoms. The maximum atomic E-state index is 5.90. The van der Waals surface area contributed by atoms with Gasteiger partial charge in [-0.25, -0.2) is 0 Å². The Labute approximate surface area is 213 Å². The molecule has 1 fully saturated rings. The summed E-state index contributed by atoms with van der Waals surface area (Å²) in [5, 5.41) is 4.24. The number of hydrogen-bond donors (Lipinski definition) is 1. The second-order valence-corrected chi connectivity index (χ2v) is 9.60. The van der Waals surface area contributed by atoms with Crippen LogP contribution in [0.15, 0.2) is 83.5 Å². The summed E-state index contributed by atoms with van der Waals surface area (Å²) >= 11 is 9.53. The summed E-state index contributed by atoms with van der Waals surface area (Å²) in [6.07, 6.45) is 1.83. The van der Waals surface area contributed by atoms with Crippen molar-refractivity contribution in [2.45, 2.75) is 25.9 Å². The maximum absolute atomic E-state index is 5.90. The van der Waals surface area contributed by atoms with E-state index in [-0.39, 0.29) is 12.1 Å². The van der Waals surface area contributed by atoms with Gasteiger partial charge in [0.05, 0.1) is 18.8 Å². The van der Waals surface area contributed by atoms with Crippen LogP contribution in [0.1, 0.15) is 34.7 Å². The second kappa shape index (κ2) is 9.24. The predicted molar refractivity (Wildman–Crippen MR) is 144 cm³/mol. The number of aryl methyl sites for hydroxylation is 2. The molecule has 0 unspecified atom stereocenters. The number of methoxy groups -OCH3 is 1. The minimum atomic E-state index is -0.107. The monoisotopic (exact) mass is 532 g/mol. The quantitative estimate of drug-likeness (QED) is 0.299. The van der Waals surface area contributed by atoms with Crippen LogP contribution < -0.4 is 15.0 Å². The molecule has 0 radical (unpaired) electrons. The fourth-order valence-electron chi connectivity index (χ4n) is 4.59. The zero-order valence-corrected chi connectivity index (χ0v) is 21.6. The zero-order chi connectivity index (χ0) is 23.8. The number of anilines is 1. The number of hydrogen-bond acceptors (Lipinski definition) is 3. The third-order valence-electron chi connectivity index (χ3n) is 6.26. The first-order valence-electron chi connectivity index (χ1n) is 11.1. The van der Waals surface area contributed by atoms with Crippen molar-refractivity contribution in [2.75, 3.05) is 12.0 Å². The number of rotatable bonds is 5. The Morgan fingerprint density at radius 1 is 0.971 bits per heavy atom. The summed E-state index contributed by atoms with van der Waals surface area (Å²) in [6, 6.07) is 24.6. The normalized spacial score (nSPS) is 17.6. The molecule has 2 aromatic carbocycles. The van der Waals surface area contributed by atoms with Gasteiger partial charge >= 0.3 is 0 Å². The highest BCUT2D eigenvalue weighted by atomic mass is 79.9. The Morgan fingerprint density at radius 3 is 2.41 bits per heavy atom. The molecule has 4 aromatic rings. The number of ether oxygens (including phenoxy) is 1. The summed E-state index contributed by atoms with van der Waals surface area (Å²) in [5.41, 5.74) is 6.49. The van der Waals surface area contributed by atoms with E-state index in [9.17, 15) is 0 Å². The fourth-order valence-corrected chi connectivity index (χ4v) is 5.18. The number of thiocarbonyl (C=S) groups is 1. The topological polar surface area (TPSA) is 42.3 Å². The van der Waals surface area contributed by atoms with Gasteiger partial charge in [0.1, 0.15) is 11.8 Å². The molecular weight excluding hydrogens is 508 g/mol. The van der Waals surface area contributed by atoms with E-state index in [2.05, 4.69) is 98.1 Å². The molecule has 1 saturated heterocycles. The molecule has 2 aromatic heterocycles. The van der Waals surface area contributed by atoms with Crippen LogP contribution in [0.5, 0.6) is 5.75 Å². The highest BCUT2D eigenvalue weighted by Crippen LogP contribution is 2.43. The average Bonchev–Trinajstić information content (AvgIpc) is 3.40. The third-order valence-corrected chi connectivity index (χ3v) is 7.46. The number of aromatic nitrogens is 2. The van der Waals surface area contributed by atoms with Crippen molar-refractivity contribution in [3.8, 4) is 11.4 Å². The molecule has 7 heteroatoms. The molecule has 1 aliphatic heterocycles. The van der Waals surface area contributed by atoms with Gasteiger partial charge in [0, 0.05) is 33.4 Å². The highest BCUT2D eigenvalue weighted by Gasteiger charge is 2.42. The lowest BCUT2D eigenvalue weighted by Gasteiger charge is -2.29. The van der Waals surface area contributed by atoms with Crippen molar-refractivity contribution in [3.63, 3.8) is 0 Å². The van der Waals surface area contributed by atoms with Crippen molar-refractivity contribution < 1.29 is 4.74 Å². The van der Waals surface area contributed by atoms with Crippen LogP contribution in [-0.4, -0.2) is 21.8 Å². The lowest BCUT2D eigenvalue weighted by Crippen LogP contribution is -2.30. The molecule has 5 rings (SSSR count). The van der Waals surface area contributed by atoms with Crippen LogP contribution in [-0.2, 0) is 0 Å². The van der Waals surface area contributed by atoms with Crippen molar-refractivity contribution in [2.24, 2.45) is 0 Å². The van der Waals surface area contributed by atoms with E-state index in [1.54, 1.807) is 7.11 Å². The molecule has 0 amide bonds. The summed E-state index contributed by atoms with van der Waals surface area (Å²) in [7, 11) is 1.68. The van der Waals surface area contributed by atoms with Crippen molar-refractivity contribution >= 4 is 38.9 Å². The van der Waals surface area contributed by atoms with E-state index in [0.717, 1.165) is 44.2 Å². The largest absolute Gasteiger partial charge is 0.497 e. The maximum Gasteiger partial charge on any atom is 0.174 e. The Morgan fingerprint density at radius 2 is 1.74 bits per heavy atom. The molecule has 1 N–H and O–H groups in total. The first-order valence-corrected chi connectivity index (χ1v) is 12.3. The molecule has 5 nitrogen and oxygen atoms in total. The van der Waals surface area contributed by atoms with Crippen molar-refractivity contribution in [1.82, 2.24) is 14.9 Å². The first kappa shape index (κ1) is 22.6. The van der Waals surface area contributed by atoms with Gasteiger partial charge in [-0.3, -0.25) is 4.98 Å². The molecule has 0 spiro atoms. The highest BCUT2D eigenvalue weighted by molar-refractivity contribution is 9.10. The fraction of sp³-hybridized carbons (Fsp3) is 0.185. The molecule has 3 heterocycles. The van der Waals surface area contributed by atoms with Crippen LogP contribution >= 0.6 is 28.1 Å². The van der Waals surface area contributed by atoms with Crippen LogP contribution in [0, 0.1) is 13.8 Å². The summed E-state index contributed by atoms with van der Waals surface area (Å²) < 4.78 is 8.73. The van der Waals surface area contributed by atoms with Gasteiger partial charge in [-0.1, -0.05) is 22.0 Å². The number of nitrogens with zero attached hydrogens (tertiary/aromatic N) is 3. The van der Waals surface area contributed by atoms with Crippen molar-refractivity contribution in [3.05, 3.63) is 106 Å². The number of pyridine rings is 1. The van der Waals surface area contributed by atoms with Gasteiger partial charge in [0.25, 0.3) is 0 Å². The van der Waals surface area contributed by atoms with Gasteiger partial charge in [0.2, 0.25) is 0 Å². The van der Waals surface area contributed by atoms with Crippen LogP contribution in [0.3, 0.4) is 0 Å². The van der Waals surface area contributed by atoms with Crippen LogP contribution in [0.2, 0.25) is 0 Å². The van der Waals surface area contributed by atoms with E-state index >= 15 is 0 Å². The van der Waals surface area contributed by atoms with Crippen LogP contribution in [0.4, 0.5) is 5.69 Å². The molecule has 34 heavy (non-hydrogen) atoms. The van der Waals surface area contributed by atoms with Crippen molar-refractivity contribution in [1.29, 1.82) is 0 Å². The average molecular weight is 533 g/mol. The number of benzene rings is 2. The summed E-state index contributed by atoms with van der Waals surface area (Å²) in [5.74, 6) is 0.831. The molecule has 0 saturated carbocycles. The molecular formula is C27H25BrN4OS. The zero-order valence-electron chi connectivity index (χ0n) is 19.2. The second-order valence-electron chi connectivity index (χ2n) is 8.36. The van der Waals surface area contributed by atoms with Crippen LogP contribution in [0.25, 0.3) is 5.69 Å². The Bertz CT molecular complexity index is 1340. The Balaban J connectivity index is 1.69. The van der Waals surface area contributed by atoms with Gasteiger partial charge in [-0.2, -0.15) is 0 Å². The third kappa shape index (κ3) is 3.99. The van der Waals surface area contributed by atoms with Gasteiger partial charge in [-0.05, 0) is 98.4 Å².